The van der Waals surface area contributed by atoms with Crippen molar-refractivity contribution >= 4 is 23.2 Å². The zero-order valence-corrected chi connectivity index (χ0v) is 16.7. The number of hydrogen-bond acceptors (Lipinski definition) is 5. The van der Waals surface area contributed by atoms with Crippen LogP contribution in [0.25, 0.3) is 0 Å². The zero-order chi connectivity index (χ0) is 20.6. The summed E-state index contributed by atoms with van der Waals surface area (Å²) in [7, 11) is 3.11. The molecule has 0 bridgehead atoms. The molecular formula is C22H27N3O4. The Morgan fingerprint density at radius 1 is 1.03 bits per heavy atom. The van der Waals surface area contributed by atoms with Crippen molar-refractivity contribution in [1.29, 1.82) is 0 Å². The van der Waals surface area contributed by atoms with Gasteiger partial charge in [0.25, 0.3) is 0 Å². The fraction of sp³-hybridized carbons (Fsp3) is 0.364. The molecule has 1 aliphatic carbocycles. The van der Waals surface area contributed by atoms with Gasteiger partial charge >= 0.3 is 0 Å². The first-order valence-corrected chi connectivity index (χ1v) is 9.65. The van der Waals surface area contributed by atoms with Crippen LogP contribution < -0.4 is 20.7 Å². The molecule has 7 nitrogen and oxygen atoms in total. The number of amides is 2. The highest BCUT2D eigenvalue weighted by Crippen LogP contribution is 2.41. The fourth-order valence-electron chi connectivity index (χ4n) is 3.16. The highest BCUT2D eigenvalue weighted by atomic mass is 16.5. The molecule has 1 saturated carbocycles. The van der Waals surface area contributed by atoms with Crippen molar-refractivity contribution in [2.75, 3.05) is 38.0 Å². The first kappa shape index (κ1) is 20.7. The van der Waals surface area contributed by atoms with Gasteiger partial charge in [0, 0.05) is 18.5 Å². The number of methoxy groups -OCH3 is 2. The van der Waals surface area contributed by atoms with Crippen molar-refractivity contribution in [3.05, 3.63) is 54.1 Å². The number of carbonyl (C=O) groups is 2. The van der Waals surface area contributed by atoms with Crippen molar-refractivity contribution in [2.45, 2.75) is 18.9 Å². The van der Waals surface area contributed by atoms with E-state index in [0.717, 1.165) is 29.8 Å². The fourth-order valence-corrected chi connectivity index (χ4v) is 3.16. The molecule has 1 aliphatic rings. The van der Waals surface area contributed by atoms with E-state index in [9.17, 15) is 9.59 Å². The number of carbonyl (C=O) groups excluding carboxylic acids is 2. The Bertz CT molecular complexity index is 834. The molecule has 7 heteroatoms. The second-order valence-electron chi connectivity index (χ2n) is 7.07. The SMILES string of the molecule is COCC(=O)Nc1cccc(NCC(=O)NC(c2ccc(OC)cc2)C2CC2)c1. The summed E-state index contributed by atoms with van der Waals surface area (Å²) >= 11 is 0. The number of hydrogen-bond donors (Lipinski definition) is 3. The molecule has 3 N–H and O–H groups in total. The molecule has 0 radical (unpaired) electrons. The Hall–Kier alpha value is -3.06. The smallest absolute Gasteiger partial charge is 0.250 e. The predicted molar refractivity (Wildman–Crippen MR) is 112 cm³/mol. The van der Waals surface area contributed by atoms with Gasteiger partial charge in [-0.3, -0.25) is 9.59 Å². The van der Waals surface area contributed by atoms with Crippen LogP contribution in [0.2, 0.25) is 0 Å². The quantitative estimate of drug-likeness (QED) is 0.574. The van der Waals surface area contributed by atoms with Gasteiger partial charge < -0.3 is 25.4 Å². The lowest BCUT2D eigenvalue weighted by molar-refractivity contribution is -0.120. The molecule has 0 saturated heterocycles. The molecule has 3 rings (SSSR count). The number of rotatable bonds is 10. The summed E-state index contributed by atoms with van der Waals surface area (Å²) in [5.41, 5.74) is 2.49. The van der Waals surface area contributed by atoms with E-state index in [1.165, 1.54) is 7.11 Å². The Morgan fingerprint density at radius 2 is 1.76 bits per heavy atom. The molecule has 0 spiro atoms. The summed E-state index contributed by atoms with van der Waals surface area (Å²) in [6.45, 7) is 0.142. The highest BCUT2D eigenvalue weighted by Gasteiger charge is 2.33. The molecule has 29 heavy (non-hydrogen) atoms. The Morgan fingerprint density at radius 3 is 2.41 bits per heavy atom. The minimum atomic E-state index is -0.228. The van der Waals surface area contributed by atoms with Gasteiger partial charge in [-0.25, -0.2) is 0 Å². The number of anilines is 2. The van der Waals surface area contributed by atoms with Crippen LogP contribution in [-0.2, 0) is 14.3 Å². The molecule has 1 atom stereocenters. The minimum absolute atomic E-state index is 0.00597. The van der Waals surface area contributed by atoms with Crippen LogP contribution in [0.15, 0.2) is 48.5 Å². The van der Waals surface area contributed by atoms with E-state index >= 15 is 0 Å². The average Bonchev–Trinajstić information content (AvgIpc) is 3.56. The molecule has 2 aromatic rings. The number of ether oxygens (including phenoxy) is 2. The van der Waals surface area contributed by atoms with Gasteiger partial charge in [-0.05, 0) is 54.7 Å². The number of nitrogens with one attached hydrogen (secondary N) is 3. The van der Waals surface area contributed by atoms with E-state index in [2.05, 4.69) is 16.0 Å². The van der Waals surface area contributed by atoms with Gasteiger partial charge in [0.05, 0.1) is 19.7 Å². The van der Waals surface area contributed by atoms with Crippen LogP contribution >= 0.6 is 0 Å². The molecule has 154 valence electrons. The molecular weight excluding hydrogens is 370 g/mol. The van der Waals surface area contributed by atoms with Gasteiger partial charge in [-0.1, -0.05) is 18.2 Å². The van der Waals surface area contributed by atoms with Gasteiger partial charge in [0.1, 0.15) is 12.4 Å². The molecule has 0 aliphatic heterocycles. The Balaban J connectivity index is 1.55. The number of benzene rings is 2. The van der Waals surface area contributed by atoms with Crippen molar-refractivity contribution in [3.63, 3.8) is 0 Å². The first-order valence-electron chi connectivity index (χ1n) is 9.65. The maximum Gasteiger partial charge on any atom is 0.250 e. The minimum Gasteiger partial charge on any atom is -0.497 e. The zero-order valence-electron chi connectivity index (χ0n) is 16.7. The summed E-state index contributed by atoms with van der Waals surface area (Å²) in [5, 5.41) is 8.99. The predicted octanol–water partition coefficient (Wildman–Crippen LogP) is 2.96. The maximum absolute atomic E-state index is 12.5. The third kappa shape index (κ3) is 6.22. The monoisotopic (exact) mass is 397 g/mol. The van der Waals surface area contributed by atoms with Crippen LogP contribution in [0, 0.1) is 5.92 Å². The lowest BCUT2D eigenvalue weighted by Crippen LogP contribution is -2.34. The Labute approximate surface area is 170 Å². The van der Waals surface area contributed by atoms with E-state index in [1.807, 2.05) is 36.4 Å². The molecule has 1 unspecified atom stereocenters. The van der Waals surface area contributed by atoms with E-state index in [-0.39, 0.29) is 31.0 Å². The summed E-state index contributed by atoms with van der Waals surface area (Å²) in [4.78, 5) is 24.1. The normalized spacial score (nSPS) is 14.0. The largest absolute Gasteiger partial charge is 0.497 e. The summed E-state index contributed by atoms with van der Waals surface area (Å²) in [6, 6.07) is 15.1. The van der Waals surface area contributed by atoms with E-state index in [1.54, 1.807) is 19.2 Å². The van der Waals surface area contributed by atoms with Crippen LogP contribution in [0.3, 0.4) is 0 Å². The topological polar surface area (TPSA) is 88.7 Å². The van der Waals surface area contributed by atoms with Crippen LogP contribution in [0.4, 0.5) is 11.4 Å². The van der Waals surface area contributed by atoms with Crippen molar-refractivity contribution in [3.8, 4) is 5.75 Å². The lowest BCUT2D eigenvalue weighted by atomic mass is 10.0. The van der Waals surface area contributed by atoms with Crippen LogP contribution in [0.1, 0.15) is 24.4 Å². The second-order valence-corrected chi connectivity index (χ2v) is 7.07. The van der Waals surface area contributed by atoms with Crippen molar-refractivity contribution in [1.82, 2.24) is 5.32 Å². The van der Waals surface area contributed by atoms with E-state index < -0.39 is 0 Å². The first-order chi connectivity index (χ1) is 14.1. The molecule has 2 amide bonds. The second kappa shape index (κ2) is 9.93. The third-order valence-corrected chi connectivity index (χ3v) is 4.76. The standard InChI is InChI=1S/C22H27N3O4/c1-28-14-21(27)24-18-5-3-4-17(12-18)23-13-20(26)25-22(15-6-7-15)16-8-10-19(29-2)11-9-16/h3-5,8-12,15,22-23H,6-7,13-14H2,1-2H3,(H,24,27)(H,25,26). The van der Waals surface area contributed by atoms with E-state index in [0.29, 0.717) is 11.6 Å². The van der Waals surface area contributed by atoms with Crippen LogP contribution in [0.5, 0.6) is 5.75 Å². The summed E-state index contributed by atoms with van der Waals surface area (Å²) in [5.74, 6) is 0.973. The van der Waals surface area contributed by atoms with Gasteiger partial charge in [0.15, 0.2) is 0 Å². The molecule has 2 aromatic carbocycles. The average molecular weight is 397 g/mol. The van der Waals surface area contributed by atoms with Gasteiger partial charge in [-0.2, -0.15) is 0 Å². The van der Waals surface area contributed by atoms with Gasteiger partial charge in [-0.15, -0.1) is 0 Å². The van der Waals surface area contributed by atoms with Crippen molar-refractivity contribution < 1.29 is 19.1 Å². The maximum atomic E-state index is 12.5. The summed E-state index contributed by atoms with van der Waals surface area (Å²) < 4.78 is 10.0. The lowest BCUT2D eigenvalue weighted by Gasteiger charge is -2.19. The molecule has 0 aromatic heterocycles. The summed E-state index contributed by atoms with van der Waals surface area (Å²) in [6.07, 6.45) is 2.24. The van der Waals surface area contributed by atoms with E-state index in [4.69, 9.17) is 9.47 Å². The molecule has 1 fully saturated rings. The van der Waals surface area contributed by atoms with Crippen LogP contribution in [-0.4, -0.2) is 39.2 Å². The Kier molecular flexibility index (Phi) is 7.08. The highest BCUT2D eigenvalue weighted by molar-refractivity contribution is 5.92. The van der Waals surface area contributed by atoms with Crippen molar-refractivity contribution in [2.24, 2.45) is 5.92 Å². The molecule has 0 heterocycles. The third-order valence-electron chi connectivity index (χ3n) is 4.76. The van der Waals surface area contributed by atoms with Gasteiger partial charge in [0.2, 0.25) is 11.8 Å².